The van der Waals surface area contributed by atoms with Gasteiger partial charge in [-0.2, -0.15) is 0 Å². The summed E-state index contributed by atoms with van der Waals surface area (Å²) in [6.07, 6.45) is 4.08. The van der Waals surface area contributed by atoms with Crippen molar-refractivity contribution in [3.05, 3.63) is 18.5 Å². The number of piperidine rings is 1. The molecule has 1 amide bonds. The molecule has 3 rings (SSSR count). The molecule has 0 aromatic carbocycles. The number of nitrogens with one attached hydrogen (secondary N) is 1. The normalized spacial score (nSPS) is 31.1. The zero-order chi connectivity index (χ0) is 12.7. The van der Waals surface area contributed by atoms with E-state index in [1.165, 1.54) is 0 Å². The molecule has 1 aromatic heterocycles. The standard InChI is InChI=1S/C13H18N4O/c1-8-6-17(11-2-3-15-5-10(11)14)7-9-4-12(18)16-13(8)9/h2-3,5,8-9,13H,4,6-7,14H2,1H3,(H,16,18)/t8-,9+,13+/m0/s1. The minimum atomic E-state index is 0.182. The molecule has 2 aliphatic heterocycles. The van der Waals surface area contributed by atoms with Gasteiger partial charge < -0.3 is 16.0 Å². The molecule has 3 atom stereocenters. The van der Waals surface area contributed by atoms with E-state index >= 15 is 0 Å². The number of anilines is 2. The fraction of sp³-hybridized carbons (Fsp3) is 0.538. The van der Waals surface area contributed by atoms with E-state index in [0.717, 1.165) is 18.8 Å². The number of fused-ring (bicyclic) bond motifs is 1. The summed E-state index contributed by atoms with van der Waals surface area (Å²) in [5.41, 5.74) is 7.72. The molecule has 0 aliphatic carbocycles. The third kappa shape index (κ3) is 1.79. The Labute approximate surface area is 106 Å². The lowest BCUT2D eigenvalue weighted by molar-refractivity contribution is -0.119. The molecule has 0 bridgehead atoms. The zero-order valence-corrected chi connectivity index (χ0v) is 10.5. The Morgan fingerprint density at radius 3 is 3.11 bits per heavy atom. The first-order chi connectivity index (χ1) is 8.65. The Morgan fingerprint density at radius 2 is 2.33 bits per heavy atom. The molecule has 3 heterocycles. The number of nitrogens with two attached hydrogens (primary N) is 1. The van der Waals surface area contributed by atoms with E-state index in [-0.39, 0.29) is 5.91 Å². The van der Waals surface area contributed by atoms with Gasteiger partial charge in [0.1, 0.15) is 0 Å². The Bertz CT molecular complexity index is 476. The van der Waals surface area contributed by atoms with Crippen molar-refractivity contribution in [2.75, 3.05) is 23.7 Å². The van der Waals surface area contributed by atoms with Crippen molar-refractivity contribution in [3.8, 4) is 0 Å². The highest BCUT2D eigenvalue weighted by atomic mass is 16.2. The maximum atomic E-state index is 11.5. The van der Waals surface area contributed by atoms with Crippen molar-refractivity contribution in [1.29, 1.82) is 0 Å². The van der Waals surface area contributed by atoms with Gasteiger partial charge in [0.15, 0.2) is 0 Å². The number of hydrogen-bond donors (Lipinski definition) is 2. The van der Waals surface area contributed by atoms with Gasteiger partial charge in [-0.25, -0.2) is 0 Å². The number of aromatic nitrogens is 1. The Balaban J connectivity index is 1.84. The molecule has 2 saturated heterocycles. The largest absolute Gasteiger partial charge is 0.396 e. The lowest BCUT2D eigenvalue weighted by Crippen LogP contribution is -2.50. The smallest absolute Gasteiger partial charge is 0.220 e. The average Bonchev–Trinajstić information content (AvgIpc) is 2.71. The molecule has 96 valence electrons. The van der Waals surface area contributed by atoms with Crippen molar-refractivity contribution in [3.63, 3.8) is 0 Å². The first-order valence-corrected chi connectivity index (χ1v) is 6.39. The van der Waals surface area contributed by atoms with Gasteiger partial charge in [-0.3, -0.25) is 9.78 Å². The second-order valence-electron chi connectivity index (χ2n) is 5.37. The highest BCUT2D eigenvalue weighted by Gasteiger charge is 2.41. The van der Waals surface area contributed by atoms with Crippen LogP contribution in [0.15, 0.2) is 18.5 Å². The van der Waals surface area contributed by atoms with Gasteiger partial charge in [0.2, 0.25) is 5.91 Å². The molecule has 2 fully saturated rings. The minimum absolute atomic E-state index is 0.182. The fourth-order valence-corrected chi connectivity index (χ4v) is 3.22. The van der Waals surface area contributed by atoms with Gasteiger partial charge in [0, 0.05) is 37.7 Å². The summed E-state index contributed by atoms with van der Waals surface area (Å²) < 4.78 is 0. The van der Waals surface area contributed by atoms with Gasteiger partial charge in [-0.1, -0.05) is 6.92 Å². The molecule has 18 heavy (non-hydrogen) atoms. The van der Waals surface area contributed by atoms with E-state index in [2.05, 4.69) is 22.1 Å². The van der Waals surface area contributed by atoms with Crippen LogP contribution in [0.3, 0.4) is 0 Å². The molecular weight excluding hydrogens is 228 g/mol. The number of nitrogen functional groups attached to an aromatic ring is 1. The van der Waals surface area contributed by atoms with E-state index < -0.39 is 0 Å². The quantitative estimate of drug-likeness (QED) is 0.762. The predicted octanol–water partition coefficient (Wildman–Crippen LogP) is 0.625. The first-order valence-electron chi connectivity index (χ1n) is 6.39. The zero-order valence-electron chi connectivity index (χ0n) is 10.5. The third-order valence-corrected chi connectivity index (χ3v) is 4.03. The summed E-state index contributed by atoms with van der Waals surface area (Å²) in [7, 11) is 0. The first kappa shape index (κ1) is 11.3. The SMILES string of the molecule is C[C@H]1CN(c2ccncc2N)C[C@H]2CC(=O)N[C@@H]21. The van der Waals surface area contributed by atoms with Crippen LogP contribution in [0.4, 0.5) is 11.4 Å². The topological polar surface area (TPSA) is 71.2 Å². The molecule has 0 spiro atoms. The van der Waals surface area contributed by atoms with Gasteiger partial charge in [-0.15, -0.1) is 0 Å². The second kappa shape index (κ2) is 4.15. The van der Waals surface area contributed by atoms with Crippen LogP contribution >= 0.6 is 0 Å². The molecule has 1 aromatic rings. The maximum Gasteiger partial charge on any atom is 0.220 e. The van der Waals surface area contributed by atoms with E-state index in [1.54, 1.807) is 12.4 Å². The van der Waals surface area contributed by atoms with Crippen LogP contribution in [0.5, 0.6) is 0 Å². The summed E-state index contributed by atoms with van der Waals surface area (Å²) in [6.45, 7) is 4.00. The van der Waals surface area contributed by atoms with Crippen LogP contribution in [-0.2, 0) is 4.79 Å². The third-order valence-electron chi connectivity index (χ3n) is 4.03. The number of amides is 1. The van der Waals surface area contributed by atoms with Crippen molar-refractivity contribution in [1.82, 2.24) is 10.3 Å². The van der Waals surface area contributed by atoms with E-state index in [9.17, 15) is 4.79 Å². The Morgan fingerprint density at radius 1 is 1.50 bits per heavy atom. The summed E-state index contributed by atoms with van der Waals surface area (Å²) in [6, 6.07) is 2.28. The number of carbonyl (C=O) groups is 1. The lowest BCUT2D eigenvalue weighted by atomic mass is 9.85. The van der Waals surface area contributed by atoms with Crippen LogP contribution in [0.25, 0.3) is 0 Å². The molecule has 5 heteroatoms. The Kier molecular flexibility index (Phi) is 2.61. The van der Waals surface area contributed by atoms with Crippen molar-refractivity contribution < 1.29 is 4.79 Å². The van der Waals surface area contributed by atoms with Crippen molar-refractivity contribution in [2.24, 2.45) is 11.8 Å². The summed E-state index contributed by atoms with van der Waals surface area (Å²) in [5.74, 6) is 1.03. The van der Waals surface area contributed by atoms with E-state index in [4.69, 9.17) is 5.73 Å². The fourth-order valence-electron chi connectivity index (χ4n) is 3.22. The maximum absolute atomic E-state index is 11.5. The van der Waals surface area contributed by atoms with Gasteiger partial charge in [0.05, 0.1) is 17.6 Å². The highest BCUT2D eigenvalue weighted by molar-refractivity contribution is 5.79. The molecule has 5 nitrogen and oxygen atoms in total. The van der Waals surface area contributed by atoms with E-state index in [0.29, 0.717) is 30.0 Å². The van der Waals surface area contributed by atoms with Crippen LogP contribution < -0.4 is 16.0 Å². The van der Waals surface area contributed by atoms with Crippen molar-refractivity contribution >= 4 is 17.3 Å². The molecule has 3 N–H and O–H groups in total. The van der Waals surface area contributed by atoms with Gasteiger partial charge in [0.25, 0.3) is 0 Å². The summed E-state index contributed by atoms with van der Waals surface area (Å²) in [4.78, 5) is 17.8. The van der Waals surface area contributed by atoms with Gasteiger partial charge in [-0.05, 0) is 12.0 Å². The van der Waals surface area contributed by atoms with Crippen LogP contribution in [0.2, 0.25) is 0 Å². The molecule has 0 radical (unpaired) electrons. The number of pyridine rings is 1. The minimum Gasteiger partial charge on any atom is -0.396 e. The lowest BCUT2D eigenvalue weighted by Gasteiger charge is -2.40. The number of rotatable bonds is 1. The van der Waals surface area contributed by atoms with Crippen LogP contribution in [-0.4, -0.2) is 30.0 Å². The highest BCUT2D eigenvalue weighted by Crippen LogP contribution is 2.33. The summed E-state index contributed by atoms with van der Waals surface area (Å²) in [5, 5.41) is 3.08. The van der Waals surface area contributed by atoms with Crippen molar-refractivity contribution in [2.45, 2.75) is 19.4 Å². The number of nitrogens with zero attached hydrogens (tertiary/aromatic N) is 2. The second-order valence-corrected chi connectivity index (χ2v) is 5.37. The van der Waals surface area contributed by atoms with Crippen LogP contribution in [0, 0.1) is 11.8 Å². The predicted molar refractivity (Wildman–Crippen MR) is 70.1 cm³/mol. The monoisotopic (exact) mass is 246 g/mol. The molecule has 2 aliphatic rings. The molecule has 0 saturated carbocycles. The average molecular weight is 246 g/mol. The number of carbonyl (C=O) groups excluding carboxylic acids is 1. The van der Waals surface area contributed by atoms with Gasteiger partial charge >= 0.3 is 0 Å². The van der Waals surface area contributed by atoms with E-state index in [1.807, 2.05) is 6.07 Å². The molecular formula is C13H18N4O. The summed E-state index contributed by atoms with van der Waals surface area (Å²) >= 11 is 0. The number of hydrogen-bond acceptors (Lipinski definition) is 4. The Hall–Kier alpha value is -1.78. The van der Waals surface area contributed by atoms with Crippen LogP contribution in [0.1, 0.15) is 13.3 Å². The molecule has 0 unspecified atom stereocenters.